The number of rotatable bonds is 5. The average Bonchev–Trinajstić information content (AvgIpc) is 2.94. The van der Waals surface area contributed by atoms with Crippen molar-refractivity contribution in [3.05, 3.63) is 54.4 Å². The summed E-state index contributed by atoms with van der Waals surface area (Å²) in [5, 5.41) is 5.06. The van der Waals surface area contributed by atoms with Gasteiger partial charge in [0.2, 0.25) is 21.8 Å². The number of amides is 3. The molecule has 10 heteroatoms. The van der Waals surface area contributed by atoms with E-state index in [0.29, 0.717) is 0 Å². The molecule has 0 bridgehead atoms. The zero-order valence-electron chi connectivity index (χ0n) is 15.0. The van der Waals surface area contributed by atoms with E-state index >= 15 is 0 Å². The van der Waals surface area contributed by atoms with Crippen molar-refractivity contribution in [1.82, 2.24) is 9.88 Å². The third kappa shape index (κ3) is 3.92. The Bertz CT molecular complexity index is 1020. The Hall–Kier alpha value is -3.11. The summed E-state index contributed by atoms with van der Waals surface area (Å²) in [5.41, 5.74) is 0.948. The number of sulfonamides is 1. The molecule has 2 heterocycles. The van der Waals surface area contributed by atoms with Gasteiger partial charge in [-0.2, -0.15) is 0 Å². The summed E-state index contributed by atoms with van der Waals surface area (Å²) < 4.78 is 22.7. The molecular weight excluding hydrogens is 384 g/mol. The quantitative estimate of drug-likeness (QED) is 0.721. The van der Waals surface area contributed by atoms with Crippen molar-refractivity contribution in [3.8, 4) is 0 Å². The van der Waals surface area contributed by atoms with Gasteiger partial charge in [-0.3, -0.25) is 19.4 Å². The molecule has 1 aromatic carbocycles. The SMILES string of the molecule is CC(=O)N(Cc1cccnc1)C1CC(=O)N(c2ccc(S(N)(=O)=O)cc2)C1=O. The highest BCUT2D eigenvalue weighted by Crippen LogP contribution is 2.27. The normalized spacial score (nSPS) is 17.1. The number of nitrogens with zero attached hydrogens (tertiary/aromatic N) is 3. The van der Waals surface area contributed by atoms with Crippen LogP contribution in [-0.2, 0) is 31.0 Å². The maximum absolute atomic E-state index is 12.9. The Morgan fingerprint density at radius 3 is 2.46 bits per heavy atom. The summed E-state index contributed by atoms with van der Waals surface area (Å²) in [4.78, 5) is 43.6. The first-order valence-electron chi connectivity index (χ1n) is 8.34. The van der Waals surface area contributed by atoms with Crippen LogP contribution in [0.5, 0.6) is 0 Å². The van der Waals surface area contributed by atoms with Crippen molar-refractivity contribution < 1.29 is 22.8 Å². The number of carbonyl (C=O) groups is 3. The molecule has 1 aliphatic rings. The molecule has 1 aromatic heterocycles. The van der Waals surface area contributed by atoms with Gasteiger partial charge >= 0.3 is 0 Å². The van der Waals surface area contributed by atoms with Crippen LogP contribution in [0.4, 0.5) is 5.69 Å². The fourth-order valence-corrected chi connectivity index (χ4v) is 3.56. The molecule has 1 aliphatic heterocycles. The second-order valence-corrected chi connectivity index (χ2v) is 7.90. The lowest BCUT2D eigenvalue weighted by atomic mass is 10.1. The number of carbonyl (C=O) groups excluding carboxylic acids is 3. The number of aromatic nitrogens is 1. The smallest absolute Gasteiger partial charge is 0.257 e. The van der Waals surface area contributed by atoms with Crippen LogP contribution in [0.1, 0.15) is 18.9 Å². The zero-order chi connectivity index (χ0) is 20.5. The first kappa shape index (κ1) is 19.6. The Labute approximate surface area is 161 Å². The van der Waals surface area contributed by atoms with Crippen LogP contribution in [0.25, 0.3) is 0 Å². The maximum Gasteiger partial charge on any atom is 0.257 e. The second-order valence-electron chi connectivity index (χ2n) is 6.33. The number of benzene rings is 1. The lowest BCUT2D eigenvalue weighted by Gasteiger charge is -2.26. The number of primary sulfonamides is 1. The highest BCUT2D eigenvalue weighted by molar-refractivity contribution is 7.89. The third-order valence-electron chi connectivity index (χ3n) is 4.40. The first-order valence-corrected chi connectivity index (χ1v) is 9.89. The molecule has 9 nitrogen and oxygen atoms in total. The molecule has 1 atom stereocenters. The predicted molar refractivity (Wildman–Crippen MR) is 99.2 cm³/mol. The van der Waals surface area contributed by atoms with Crippen LogP contribution in [0.2, 0.25) is 0 Å². The largest absolute Gasteiger partial charge is 0.326 e. The summed E-state index contributed by atoms with van der Waals surface area (Å²) in [6, 6.07) is 7.65. The van der Waals surface area contributed by atoms with Gasteiger partial charge in [0, 0.05) is 25.9 Å². The molecule has 2 N–H and O–H groups in total. The fraction of sp³-hybridized carbons (Fsp3) is 0.222. The van der Waals surface area contributed by atoms with Gasteiger partial charge in [-0.25, -0.2) is 18.5 Å². The van der Waals surface area contributed by atoms with Crippen LogP contribution in [0, 0.1) is 0 Å². The molecule has 1 saturated heterocycles. The van der Waals surface area contributed by atoms with Crippen molar-refractivity contribution in [3.63, 3.8) is 0 Å². The highest BCUT2D eigenvalue weighted by Gasteiger charge is 2.43. The van der Waals surface area contributed by atoms with Crippen molar-refractivity contribution in [2.24, 2.45) is 5.14 Å². The molecule has 3 amide bonds. The molecule has 28 heavy (non-hydrogen) atoms. The van der Waals surface area contributed by atoms with Gasteiger partial charge < -0.3 is 4.90 Å². The number of pyridine rings is 1. The van der Waals surface area contributed by atoms with Crippen LogP contribution in [0.3, 0.4) is 0 Å². The van der Waals surface area contributed by atoms with Crippen molar-refractivity contribution >= 4 is 33.4 Å². The Balaban J connectivity index is 1.86. The summed E-state index contributed by atoms with van der Waals surface area (Å²) >= 11 is 0. The van der Waals surface area contributed by atoms with Crippen LogP contribution >= 0.6 is 0 Å². The topological polar surface area (TPSA) is 131 Å². The van der Waals surface area contributed by atoms with E-state index in [1.54, 1.807) is 24.5 Å². The van der Waals surface area contributed by atoms with E-state index < -0.39 is 27.9 Å². The lowest BCUT2D eigenvalue weighted by Crippen LogP contribution is -2.44. The highest BCUT2D eigenvalue weighted by atomic mass is 32.2. The fourth-order valence-electron chi connectivity index (χ4n) is 3.04. The molecule has 3 rings (SSSR count). The maximum atomic E-state index is 12.9. The summed E-state index contributed by atoms with van der Waals surface area (Å²) in [6.45, 7) is 1.47. The van der Waals surface area contributed by atoms with E-state index in [9.17, 15) is 22.8 Å². The minimum Gasteiger partial charge on any atom is -0.326 e. The van der Waals surface area contributed by atoms with Gasteiger partial charge in [0.1, 0.15) is 6.04 Å². The van der Waals surface area contributed by atoms with Gasteiger partial charge in [-0.1, -0.05) is 6.07 Å². The molecular formula is C18H18N4O5S. The number of nitrogens with two attached hydrogens (primary N) is 1. The van der Waals surface area contributed by atoms with E-state index in [1.807, 2.05) is 0 Å². The Morgan fingerprint density at radius 1 is 1.25 bits per heavy atom. The Kier molecular flexibility index (Phi) is 5.25. The van der Waals surface area contributed by atoms with E-state index in [1.165, 1.54) is 36.1 Å². The van der Waals surface area contributed by atoms with Gasteiger partial charge in [-0.15, -0.1) is 0 Å². The molecule has 0 spiro atoms. The Morgan fingerprint density at radius 2 is 1.93 bits per heavy atom. The predicted octanol–water partition coefficient (Wildman–Crippen LogP) is 0.410. The van der Waals surface area contributed by atoms with Crippen molar-refractivity contribution in [2.45, 2.75) is 30.8 Å². The van der Waals surface area contributed by atoms with Gasteiger partial charge in [0.05, 0.1) is 17.0 Å². The van der Waals surface area contributed by atoms with Crippen molar-refractivity contribution in [1.29, 1.82) is 0 Å². The number of anilines is 1. The molecule has 0 saturated carbocycles. The number of hydrogen-bond acceptors (Lipinski definition) is 6. The van der Waals surface area contributed by atoms with Gasteiger partial charge in [-0.05, 0) is 35.9 Å². The molecule has 0 aliphatic carbocycles. The standard InChI is InChI=1S/C18H18N4O5S/c1-12(23)21(11-13-3-2-8-20-10-13)16-9-17(24)22(18(16)25)14-4-6-15(7-5-14)28(19,26)27/h2-8,10,16H,9,11H2,1H3,(H2,19,26,27). The van der Waals surface area contributed by atoms with E-state index in [-0.39, 0.29) is 29.5 Å². The average molecular weight is 402 g/mol. The van der Waals surface area contributed by atoms with Gasteiger partial charge in [0.25, 0.3) is 5.91 Å². The van der Waals surface area contributed by atoms with Crippen LogP contribution < -0.4 is 10.0 Å². The summed E-state index contributed by atoms with van der Waals surface area (Å²) in [7, 11) is -3.89. The molecule has 0 radical (unpaired) electrons. The van der Waals surface area contributed by atoms with E-state index in [0.717, 1.165) is 10.5 Å². The molecule has 1 unspecified atom stereocenters. The van der Waals surface area contributed by atoms with Crippen LogP contribution in [0.15, 0.2) is 53.7 Å². The number of imide groups is 1. The minimum atomic E-state index is -3.89. The van der Waals surface area contributed by atoms with Crippen molar-refractivity contribution in [2.75, 3.05) is 4.90 Å². The zero-order valence-corrected chi connectivity index (χ0v) is 15.8. The summed E-state index contributed by atoms with van der Waals surface area (Å²) in [6.07, 6.45) is 3.02. The minimum absolute atomic E-state index is 0.131. The molecule has 1 fully saturated rings. The monoisotopic (exact) mass is 402 g/mol. The first-order chi connectivity index (χ1) is 13.2. The van der Waals surface area contributed by atoms with Crippen LogP contribution in [-0.4, -0.2) is 42.1 Å². The van der Waals surface area contributed by atoms with E-state index in [4.69, 9.17) is 5.14 Å². The van der Waals surface area contributed by atoms with E-state index in [2.05, 4.69) is 4.98 Å². The third-order valence-corrected chi connectivity index (χ3v) is 5.33. The molecule has 146 valence electrons. The molecule has 2 aromatic rings. The number of hydrogen-bond donors (Lipinski definition) is 1. The second kappa shape index (κ2) is 7.49. The van der Waals surface area contributed by atoms with Gasteiger partial charge in [0.15, 0.2) is 0 Å². The summed E-state index contributed by atoms with van der Waals surface area (Å²) in [5.74, 6) is -1.37. The lowest BCUT2D eigenvalue weighted by molar-refractivity contribution is -0.137.